The number of anilines is 2. The lowest BCUT2D eigenvalue weighted by Crippen LogP contribution is -2.55. The van der Waals surface area contributed by atoms with Crippen LogP contribution < -0.4 is 14.5 Å². The van der Waals surface area contributed by atoms with E-state index >= 15 is 0 Å². The molecule has 0 bridgehead atoms. The molecule has 3 aliphatic rings. The molecule has 218 valence electrons. The summed E-state index contributed by atoms with van der Waals surface area (Å²) in [7, 11) is 2.12. The Hall–Kier alpha value is -4.23. The van der Waals surface area contributed by atoms with Gasteiger partial charge in [0, 0.05) is 54.2 Å². The lowest BCUT2D eigenvalue weighted by atomic mass is 10.0. The summed E-state index contributed by atoms with van der Waals surface area (Å²) >= 11 is 0. The lowest BCUT2D eigenvalue weighted by molar-refractivity contribution is -0.128. The van der Waals surface area contributed by atoms with Crippen molar-refractivity contribution < 1.29 is 13.9 Å². The predicted molar refractivity (Wildman–Crippen MR) is 160 cm³/mol. The Morgan fingerprint density at radius 1 is 1.12 bits per heavy atom. The van der Waals surface area contributed by atoms with Gasteiger partial charge in [0.25, 0.3) is 0 Å². The first kappa shape index (κ1) is 27.9. The normalized spacial score (nSPS) is 20.8. The van der Waals surface area contributed by atoms with Crippen LogP contribution in [0.4, 0.5) is 15.9 Å². The molecule has 0 N–H and O–H groups in total. The van der Waals surface area contributed by atoms with E-state index in [1.165, 1.54) is 12.1 Å². The topological polar surface area (TPSA) is 88.8 Å². The highest BCUT2D eigenvalue weighted by Crippen LogP contribution is 2.35. The number of fused-ring (bicyclic) bond motifs is 2. The Morgan fingerprint density at radius 2 is 1.95 bits per heavy atom. The van der Waals surface area contributed by atoms with Gasteiger partial charge in [-0.1, -0.05) is 30.8 Å². The fraction of sp³-hybridized carbons (Fsp3) is 0.438. The van der Waals surface area contributed by atoms with E-state index in [0.29, 0.717) is 56.6 Å². The van der Waals surface area contributed by atoms with E-state index in [4.69, 9.17) is 14.7 Å². The molecule has 0 spiro atoms. The maximum absolute atomic E-state index is 14.6. The molecule has 0 aliphatic carbocycles. The Morgan fingerprint density at radius 3 is 2.71 bits per heavy atom. The van der Waals surface area contributed by atoms with Crippen molar-refractivity contribution in [3.05, 3.63) is 66.1 Å². The van der Waals surface area contributed by atoms with Crippen LogP contribution >= 0.6 is 0 Å². The van der Waals surface area contributed by atoms with Gasteiger partial charge in [0.15, 0.2) is 0 Å². The van der Waals surface area contributed by atoms with Crippen LogP contribution in [0.1, 0.15) is 30.5 Å². The number of carbonyl (C=O) groups is 1. The van der Waals surface area contributed by atoms with Crippen molar-refractivity contribution in [2.45, 2.75) is 44.3 Å². The molecule has 3 aliphatic heterocycles. The molecule has 2 fully saturated rings. The maximum Gasteiger partial charge on any atom is 0.318 e. The zero-order valence-electron chi connectivity index (χ0n) is 24.0. The van der Waals surface area contributed by atoms with Gasteiger partial charge in [-0.2, -0.15) is 15.2 Å². The minimum Gasteiger partial charge on any atom is -0.462 e. The number of likely N-dealkylation sites (tertiary alicyclic amines) is 1. The molecule has 4 heterocycles. The van der Waals surface area contributed by atoms with Gasteiger partial charge in [-0.25, -0.2) is 4.39 Å². The second-order valence-corrected chi connectivity index (χ2v) is 11.3. The summed E-state index contributed by atoms with van der Waals surface area (Å²) in [4.78, 5) is 30.8. The first-order valence-electron chi connectivity index (χ1n) is 14.7. The smallest absolute Gasteiger partial charge is 0.318 e. The molecule has 9 nitrogen and oxygen atoms in total. The Labute approximate surface area is 245 Å². The van der Waals surface area contributed by atoms with E-state index in [1.54, 1.807) is 4.90 Å². The van der Waals surface area contributed by atoms with Crippen LogP contribution in [0.15, 0.2) is 49.1 Å². The summed E-state index contributed by atoms with van der Waals surface area (Å²) in [6.45, 7) is 8.03. The van der Waals surface area contributed by atoms with Gasteiger partial charge in [-0.05, 0) is 51.1 Å². The molecule has 42 heavy (non-hydrogen) atoms. The summed E-state index contributed by atoms with van der Waals surface area (Å²) in [5.74, 6) is 0.420. The number of nitrogens with zero attached hydrogens (tertiary/aromatic N) is 7. The second kappa shape index (κ2) is 11.9. The molecule has 2 aromatic carbocycles. The second-order valence-electron chi connectivity index (χ2n) is 11.3. The number of likely N-dealkylation sites (N-methyl/N-ethyl adjacent to an activating group) is 1. The number of nitriles is 1. The molecule has 1 unspecified atom stereocenters. The third kappa shape index (κ3) is 5.37. The SMILES string of the molecule is C=CC(=O)N1CCN(c2nc(OC[C@@H]3CCCN3C)nc3c2CCN(c2ccc(F)c4ccccc24)C3)CC1CC#N. The van der Waals surface area contributed by atoms with Crippen molar-refractivity contribution in [1.82, 2.24) is 19.8 Å². The predicted octanol–water partition coefficient (Wildman–Crippen LogP) is 3.92. The third-order valence-corrected chi connectivity index (χ3v) is 8.85. The fourth-order valence-electron chi connectivity index (χ4n) is 6.54. The maximum atomic E-state index is 14.6. The molecular formula is C32H36FN7O2. The van der Waals surface area contributed by atoms with Crippen molar-refractivity contribution >= 4 is 28.2 Å². The fourth-order valence-corrected chi connectivity index (χ4v) is 6.54. The molecule has 1 amide bonds. The minimum atomic E-state index is -0.262. The highest BCUT2D eigenvalue weighted by atomic mass is 19.1. The average Bonchev–Trinajstić information content (AvgIpc) is 3.43. The first-order valence-corrected chi connectivity index (χ1v) is 14.7. The summed E-state index contributed by atoms with van der Waals surface area (Å²) in [5.41, 5.74) is 2.91. The van der Waals surface area contributed by atoms with E-state index < -0.39 is 0 Å². The molecular weight excluding hydrogens is 533 g/mol. The molecule has 10 heteroatoms. The van der Waals surface area contributed by atoms with Crippen LogP contribution in [0.3, 0.4) is 0 Å². The number of benzene rings is 2. The van der Waals surface area contributed by atoms with Gasteiger partial charge in [-0.3, -0.25) is 4.79 Å². The number of hydrogen-bond acceptors (Lipinski definition) is 8. The van der Waals surface area contributed by atoms with E-state index in [2.05, 4.69) is 34.4 Å². The van der Waals surface area contributed by atoms with Crippen molar-refractivity contribution in [3.63, 3.8) is 0 Å². The largest absolute Gasteiger partial charge is 0.462 e. The monoisotopic (exact) mass is 569 g/mol. The number of halogens is 1. The molecule has 0 radical (unpaired) electrons. The van der Waals surface area contributed by atoms with Crippen LogP contribution in [0.5, 0.6) is 6.01 Å². The zero-order chi connectivity index (χ0) is 29.2. The number of rotatable bonds is 7. The Balaban J connectivity index is 1.33. The van der Waals surface area contributed by atoms with Crippen molar-refractivity contribution in [3.8, 4) is 12.1 Å². The van der Waals surface area contributed by atoms with Crippen LogP contribution in [-0.2, 0) is 17.8 Å². The first-order chi connectivity index (χ1) is 20.5. The third-order valence-electron chi connectivity index (χ3n) is 8.85. The Kier molecular flexibility index (Phi) is 7.94. The van der Waals surface area contributed by atoms with E-state index in [1.807, 2.05) is 30.3 Å². The van der Waals surface area contributed by atoms with Crippen LogP contribution in [-0.4, -0.2) is 84.1 Å². The number of amides is 1. The lowest BCUT2D eigenvalue weighted by Gasteiger charge is -2.42. The van der Waals surface area contributed by atoms with E-state index in [0.717, 1.165) is 54.1 Å². The van der Waals surface area contributed by atoms with Crippen molar-refractivity contribution in [2.75, 3.05) is 56.2 Å². The number of piperazine rings is 1. The van der Waals surface area contributed by atoms with E-state index in [9.17, 15) is 14.4 Å². The number of hydrogen-bond donors (Lipinski definition) is 0. The van der Waals surface area contributed by atoms with Crippen LogP contribution in [0, 0.1) is 17.1 Å². The van der Waals surface area contributed by atoms with E-state index in [-0.39, 0.29) is 24.2 Å². The highest BCUT2D eigenvalue weighted by Gasteiger charge is 2.33. The number of ether oxygens (including phenoxy) is 1. The van der Waals surface area contributed by atoms with Gasteiger partial charge in [0.05, 0.1) is 30.8 Å². The molecule has 3 aromatic rings. The summed E-state index contributed by atoms with van der Waals surface area (Å²) < 4.78 is 20.8. The highest BCUT2D eigenvalue weighted by molar-refractivity contribution is 5.94. The Bertz CT molecular complexity index is 1540. The summed E-state index contributed by atoms with van der Waals surface area (Å²) in [6, 6.07) is 13.6. The standard InChI is InChI=1S/C32H36FN7O2/c1-3-30(41)40-18-17-39(19-22(40)12-14-34)31-26-13-16-38(29-11-10-27(33)24-8-4-5-9-25(24)29)20-28(26)35-32(36-31)42-21-23-7-6-15-37(23)2/h3-5,8-11,22-23H,1,6-7,12-13,15-21H2,2H3/t22?,23-/m0/s1. The molecule has 1 aromatic heterocycles. The van der Waals surface area contributed by atoms with Gasteiger partial charge in [-0.15, -0.1) is 0 Å². The van der Waals surface area contributed by atoms with Gasteiger partial charge in [0.2, 0.25) is 5.91 Å². The molecule has 2 saturated heterocycles. The summed E-state index contributed by atoms with van der Waals surface area (Å²) in [6.07, 6.45) is 4.47. The van der Waals surface area contributed by atoms with Crippen molar-refractivity contribution in [1.29, 1.82) is 5.26 Å². The molecule has 6 rings (SSSR count). The van der Waals surface area contributed by atoms with Gasteiger partial charge in [0.1, 0.15) is 18.2 Å². The quantitative estimate of drug-likeness (QED) is 0.396. The summed E-state index contributed by atoms with van der Waals surface area (Å²) in [5, 5.41) is 11.0. The number of carbonyl (C=O) groups excluding carboxylic acids is 1. The number of aromatic nitrogens is 2. The average molecular weight is 570 g/mol. The zero-order valence-corrected chi connectivity index (χ0v) is 24.0. The minimum absolute atomic E-state index is 0.161. The van der Waals surface area contributed by atoms with Crippen LogP contribution in [0.2, 0.25) is 0 Å². The molecule has 0 saturated carbocycles. The molecule has 2 atom stereocenters. The van der Waals surface area contributed by atoms with Crippen LogP contribution in [0.25, 0.3) is 10.8 Å². The van der Waals surface area contributed by atoms with Crippen molar-refractivity contribution in [2.24, 2.45) is 0 Å². The van der Waals surface area contributed by atoms with Gasteiger partial charge >= 0.3 is 6.01 Å². The van der Waals surface area contributed by atoms with Gasteiger partial charge < -0.3 is 24.3 Å².